The summed E-state index contributed by atoms with van der Waals surface area (Å²) in [7, 11) is 0. The van der Waals surface area contributed by atoms with E-state index in [0.29, 0.717) is 5.92 Å². The van der Waals surface area contributed by atoms with Crippen LogP contribution in [-0.4, -0.2) is 16.2 Å². The van der Waals surface area contributed by atoms with Crippen LogP contribution in [0.1, 0.15) is 30.5 Å². The van der Waals surface area contributed by atoms with E-state index in [1.807, 2.05) is 12.3 Å². The van der Waals surface area contributed by atoms with Gasteiger partial charge < -0.3 is 5.11 Å². The predicted octanol–water partition coefficient (Wildman–Crippen LogP) is 2.09. The topological polar surface area (TPSA) is 33.1 Å². The second-order valence-electron chi connectivity index (χ2n) is 4.21. The summed E-state index contributed by atoms with van der Waals surface area (Å²) in [5.41, 5.74) is 2.36. The van der Waals surface area contributed by atoms with Crippen molar-refractivity contribution in [1.82, 2.24) is 4.98 Å². The van der Waals surface area contributed by atoms with E-state index in [1.165, 1.54) is 18.4 Å². The largest absolute Gasteiger partial charge is 0.393 e. The summed E-state index contributed by atoms with van der Waals surface area (Å²) in [6.45, 7) is 2.08. The first-order valence-corrected chi connectivity index (χ1v) is 5.36. The molecule has 0 aromatic carbocycles. The van der Waals surface area contributed by atoms with Gasteiger partial charge in [0, 0.05) is 11.9 Å². The molecule has 1 N–H and O–H groups in total. The van der Waals surface area contributed by atoms with Crippen molar-refractivity contribution in [3.63, 3.8) is 0 Å². The van der Waals surface area contributed by atoms with Crippen molar-refractivity contribution in [2.45, 2.75) is 38.7 Å². The van der Waals surface area contributed by atoms with E-state index in [9.17, 15) is 5.11 Å². The van der Waals surface area contributed by atoms with Gasteiger partial charge in [0.15, 0.2) is 0 Å². The van der Waals surface area contributed by atoms with Gasteiger partial charge in [-0.2, -0.15) is 0 Å². The quantitative estimate of drug-likeness (QED) is 0.790. The Bertz CT molecular complexity index is 307. The van der Waals surface area contributed by atoms with Gasteiger partial charge in [-0.15, -0.1) is 0 Å². The number of aliphatic hydroxyl groups excluding tert-OH is 1. The van der Waals surface area contributed by atoms with Gasteiger partial charge in [0.05, 0.1) is 6.10 Å². The smallest absolute Gasteiger partial charge is 0.0572 e. The molecular formula is C12H17NO. The molecule has 2 rings (SSSR count). The van der Waals surface area contributed by atoms with Gasteiger partial charge >= 0.3 is 0 Å². The second-order valence-corrected chi connectivity index (χ2v) is 4.21. The predicted molar refractivity (Wildman–Crippen MR) is 56.0 cm³/mol. The molecule has 2 heteroatoms. The number of aliphatic hydroxyl groups is 1. The zero-order valence-electron chi connectivity index (χ0n) is 8.61. The summed E-state index contributed by atoms with van der Waals surface area (Å²) in [6, 6.07) is 4.03. The highest BCUT2D eigenvalue weighted by Crippen LogP contribution is 2.34. The molecular weight excluding hydrogens is 174 g/mol. The maximum atomic E-state index is 9.71. The van der Waals surface area contributed by atoms with Crippen molar-refractivity contribution < 1.29 is 5.11 Å². The third-order valence-corrected chi connectivity index (χ3v) is 2.96. The average Bonchev–Trinajstić information content (AvgIpc) is 2.99. The van der Waals surface area contributed by atoms with Crippen LogP contribution in [0.2, 0.25) is 0 Å². The normalized spacial score (nSPS) is 18.1. The molecule has 0 bridgehead atoms. The van der Waals surface area contributed by atoms with Gasteiger partial charge in [0.25, 0.3) is 0 Å². The van der Waals surface area contributed by atoms with Crippen LogP contribution in [0.4, 0.5) is 0 Å². The molecule has 1 aromatic rings. The van der Waals surface area contributed by atoms with Gasteiger partial charge in [-0.25, -0.2) is 0 Å². The van der Waals surface area contributed by atoms with E-state index in [2.05, 4.69) is 18.0 Å². The molecule has 1 unspecified atom stereocenters. The first-order chi connectivity index (χ1) is 6.77. The van der Waals surface area contributed by atoms with Crippen LogP contribution in [0.3, 0.4) is 0 Å². The summed E-state index contributed by atoms with van der Waals surface area (Å²) < 4.78 is 0. The molecule has 1 atom stereocenters. The standard InChI is InChI=1S/C12H17NO/c1-9-3-2-8-13-11(9)6-7-12(14)10-4-5-10/h2-3,8,10,12,14H,4-7H2,1H3. The van der Waals surface area contributed by atoms with E-state index >= 15 is 0 Å². The van der Waals surface area contributed by atoms with Crippen molar-refractivity contribution in [3.05, 3.63) is 29.6 Å². The van der Waals surface area contributed by atoms with Crippen molar-refractivity contribution in [1.29, 1.82) is 0 Å². The van der Waals surface area contributed by atoms with Gasteiger partial charge in [0.1, 0.15) is 0 Å². The Morgan fingerprint density at radius 3 is 3.00 bits per heavy atom. The second kappa shape index (κ2) is 4.09. The van der Waals surface area contributed by atoms with Crippen molar-refractivity contribution in [2.75, 3.05) is 0 Å². The lowest BCUT2D eigenvalue weighted by Crippen LogP contribution is -2.11. The lowest BCUT2D eigenvalue weighted by molar-refractivity contribution is 0.141. The zero-order chi connectivity index (χ0) is 9.97. The third kappa shape index (κ3) is 2.32. The van der Waals surface area contributed by atoms with Crippen LogP contribution >= 0.6 is 0 Å². The maximum absolute atomic E-state index is 9.71. The Morgan fingerprint density at radius 2 is 2.36 bits per heavy atom. The molecule has 14 heavy (non-hydrogen) atoms. The van der Waals surface area contributed by atoms with Crippen LogP contribution in [0.25, 0.3) is 0 Å². The van der Waals surface area contributed by atoms with Crippen molar-refractivity contribution >= 4 is 0 Å². The monoisotopic (exact) mass is 191 g/mol. The molecule has 1 aliphatic carbocycles. The highest BCUT2D eigenvalue weighted by atomic mass is 16.3. The number of hydrogen-bond donors (Lipinski definition) is 1. The molecule has 1 aliphatic rings. The fourth-order valence-electron chi connectivity index (χ4n) is 1.78. The Labute approximate surface area is 85.0 Å². The minimum absolute atomic E-state index is 0.101. The Balaban J connectivity index is 1.87. The fourth-order valence-corrected chi connectivity index (χ4v) is 1.78. The highest BCUT2D eigenvalue weighted by molar-refractivity contribution is 5.17. The van der Waals surface area contributed by atoms with E-state index in [-0.39, 0.29) is 6.10 Å². The lowest BCUT2D eigenvalue weighted by atomic mass is 10.1. The number of hydrogen-bond acceptors (Lipinski definition) is 2. The maximum Gasteiger partial charge on any atom is 0.0572 e. The van der Waals surface area contributed by atoms with Gasteiger partial charge in [0.2, 0.25) is 0 Å². The fraction of sp³-hybridized carbons (Fsp3) is 0.583. The summed E-state index contributed by atoms with van der Waals surface area (Å²) in [6.07, 6.45) is 5.92. The molecule has 1 fully saturated rings. The number of nitrogens with zero attached hydrogens (tertiary/aromatic N) is 1. The number of aryl methyl sites for hydroxylation is 2. The third-order valence-electron chi connectivity index (χ3n) is 2.96. The molecule has 0 saturated heterocycles. The number of aromatic nitrogens is 1. The molecule has 0 spiro atoms. The molecule has 0 amide bonds. The summed E-state index contributed by atoms with van der Waals surface area (Å²) in [5.74, 6) is 0.582. The van der Waals surface area contributed by atoms with Gasteiger partial charge in [-0.05, 0) is 50.2 Å². The van der Waals surface area contributed by atoms with Gasteiger partial charge in [-0.3, -0.25) is 4.98 Å². The van der Waals surface area contributed by atoms with E-state index < -0.39 is 0 Å². The molecule has 76 valence electrons. The van der Waals surface area contributed by atoms with Crippen LogP contribution in [0.5, 0.6) is 0 Å². The Hall–Kier alpha value is -0.890. The Morgan fingerprint density at radius 1 is 1.57 bits per heavy atom. The summed E-state index contributed by atoms with van der Waals surface area (Å²) >= 11 is 0. The molecule has 1 heterocycles. The molecule has 1 aromatic heterocycles. The SMILES string of the molecule is Cc1cccnc1CCC(O)C1CC1. The summed E-state index contributed by atoms with van der Waals surface area (Å²) in [4.78, 5) is 4.32. The van der Waals surface area contributed by atoms with Crippen molar-refractivity contribution in [2.24, 2.45) is 5.92 Å². The van der Waals surface area contributed by atoms with Crippen LogP contribution < -0.4 is 0 Å². The lowest BCUT2D eigenvalue weighted by Gasteiger charge is -2.09. The molecule has 2 nitrogen and oxygen atoms in total. The average molecular weight is 191 g/mol. The van der Waals surface area contributed by atoms with Crippen LogP contribution in [0.15, 0.2) is 18.3 Å². The summed E-state index contributed by atoms with van der Waals surface area (Å²) in [5, 5.41) is 9.71. The van der Waals surface area contributed by atoms with E-state index in [4.69, 9.17) is 0 Å². The first kappa shape index (κ1) is 9.66. The molecule has 1 saturated carbocycles. The Kier molecular flexibility index (Phi) is 2.82. The van der Waals surface area contributed by atoms with Crippen LogP contribution in [0, 0.1) is 12.8 Å². The first-order valence-electron chi connectivity index (χ1n) is 5.36. The minimum Gasteiger partial charge on any atom is -0.393 e. The van der Waals surface area contributed by atoms with E-state index in [1.54, 1.807) is 0 Å². The molecule has 0 aliphatic heterocycles. The number of pyridine rings is 1. The van der Waals surface area contributed by atoms with Crippen LogP contribution in [-0.2, 0) is 6.42 Å². The van der Waals surface area contributed by atoms with Gasteiger partial charge in [-0.1, -0.05) is 6.07 Å². The number of rotatable bonds is 4. The van der Waals surface area contributed by atoms with E-state index in [0.717, 1.165) is 18.5 Å². The molecule has 0 radical (unpaired) electrons. The van der Waals surface area contributed by atoms with Crippen molar-refractivity contribution in [3.8, 4) is 0 Å². The minimum atomic E-state index is -0.101. The zero-order valence-corrected chi connectivity index (χ0v) is 8.61. The highest BCUT2D eigenvalue weighted by Gasteiger charge is 2.29.